The second-order valence-corrected chi connectivity index (χ2v) is 6.73. The Kier molecular flexibility index (Phi) is 4.61. The number of nitrogens with two attached hydrogens (primary N) is 1. The molecule has 1 aromatic rings. The first-order valence-corrected chi connectivity index (χ1v) is 7.40. The molecule has 1 rings (SSSR count). The molecule has 0 aliphatic heterocycles. The van der Waals surface area contributed by atoms with Gasteiger partial charge in [-0.05, 0) is 30.5 Å². The molecule has 0 heterocycles. The average Bonchev–Trinajstić information content (AvgIpc) is 2.27. The maximum atomic E-state index is 11.4. The molecule has 2 N–H and O–H groups in total. The Morgan fingerprint density at radius 1 is 1.32 bits per heavy atom. The quantitative estimate of drug-likeness (QED) is 0.862. The predicted molar refractivity (Wildman–Crippen MR) is 75.5 cm³/mol. The molecule has 0 spiro atoms. The fraction of sp³-hybridized carbons (Fsp3) is 0.429. The highest BCUT2D eigenvalue weighted by molar-refractivity contribution is 7.89. The number of sulfonamides is 1. The molecule has 0 bridgehead atoms. The van der Waals surface area contributed by atoms with Crippen LogP contribution < -0.4 is 9.88 Å². The molecule has 19 heavy (non-hydrogen) atoms. The molecule has 0 saturated carbocycles. The lowest BCUT2D eigenvalue weighted by atomic mass is 9.86. The van der Waals surface area contributed by atoms with Crippen LogP contribution in [0.25, 0.3) is 0 Å². The first-order chi connectivity index (χ1) is 8.66. The average molecular weight is 281 g/mol. The highest BCUT2D eigenvalue weighted by Crippen LogP contribution is 2.33. The minimum Gasteiger partial charge on any atom is -0.481 e. The van der Waals surface area contributed by atoms with Crippen LogP contribution in [-0.2, 0) is 15.4 Å². The third-order valence-corrected chi connectivity index (χ3v) is 3.48. The van der Waals surface area contributed by atoms with Gasteiger partial charge in [-0.25, -0.2) is 13.6 Å². The Labute approximate surface area is 115 Å². The van der Waals surface area contributed by atoms with Gasteiger partial charge in [0.05, 0.1) is 4.90 Å². The summed E-state index contributed by atoms with van der Waals surface area (Å²) in [6, 6.07) is 4.63. The SMILES string of the molecule is CC#CCOc1ccc(S(N)(=O)=O)cc1C(C)(C)C. The monoisotopic (exact) mass is 281 g/mol. The van der Waals surface area contributed by atoms with E-state index in [9.17, 15) is 8.42 Å². The highest BCUT2D eigenvalue weighted by atomic mass is 32.2. The van der Waals surface area contributed by atoms with E-state index in [1.54, 1.807) is 19.1 Å². The number of hydrogen-bond acceptors (Lipinski definition) is 3. The van der Waals surface area contributed by atoms with E-state index in [0.717, 1.165) is 5.56 Å². The number of ether oxygens (including phenoxy) is 1. The topological polar surface area (TPSA) is 69.4 Å². The van der Waals surface area contributed by atoms with Crippen LogP contribution in [0.3, 0.4) is 0 Å². The largest absolute Gasteiger partial charge is 0.481 e. The summed E-state index contributed by atoms with van der Waals surface area (Å²) in [5.41, 5.74) is 0.535. The Balaban J connectivity index is 3.28. The van der Waals surface area contributed by atoms with Gasteiger partial charge in [0.15, 0.2) is 0 Å². The minimum absolute atomic E-state index is 0.0892. The van der Waals surface area contributed by atoms with Crippen LogP contribution in [0.15, 0.2) is 23.1 Å². The van der Waals surface area contributed by atoms with Gasteiger partial charge in [-0.3, -0.25) is 0 Å². The van der Waals surface area contributed by atoms with E-state index in [0.29, 0.717) is 5.75 Å². The van der Waals surface area contributed by atoms with Crippen molar-refractivity contribution in [3.05, 3.63) is 23.8 Å². The normalized spacial score (nSPS) is 11.6. The van der Waals surface area contributed by atoms with E-state index in [2.05, 4.69) is 11.8 Å². The number of hydrogen-bond donors (Lipinski definition) is 1. The summed E-state index contributed by atoms with van der Waals surface area (Å²) in [6.07, 6.45) is 0. The molecule has 0 radical (unpaired) electrons. The van der Waals surface area contributed by atoms with Crippen LogP contribution in [-0.4, -0.2) is 15.0 Å². The summed E-state index contributed by atoms with van der Waals surface area (Å²) in [5, 5.41) is 5.15. The van der Waals surface area contributed by atoms with Crippen LogP contribution in [0.1, 0.15) is 33.3 Å². The predicted octanol–water partition coefficient (Wildman–Crippen LogP) is 2.03. The summed E-state index contributed by atoms with van der Waals surface area (Å²) in [7, 11) is -3.71. The third kappa shape index (κ3) is 4.27. The summed E-state index contributed by atoms with van der Waals surface area (Å²) in [5.74, 6) is 6.17. The Morgan fingerprint density at radius 3 is 2.42 bits per heavy atom. The van der Waals surface area contributed by atoms with Gasteiger partial charge in [0.2, 0.25) is 10.0 Å². The van der Waals surface area contributed by atoms with E-state index in [1.165, 1.54) is 6.07 Å². The first kappa shape index (κ1) is 15.5. The van der Waals surface area contributed by atoms with Crippen molar-refractivity contribution < 1.29 is 13.2 Å². The second-order valence-electron chi connectivity index (χ2n) is 5.17. The number of rotatable bonds is 3. The van der Waals surface area contributed by atoms with Gasteiger partial charge >= 0.3 is 0 Å². The van der Waals surface area contributed by atoms with Gasteiger partial charge in [-0.1, -0.05) is 26.7 Å². The number of benzene rings is 1. The molecule has 1 aromatic carbocycles. The molecular formula is C14H19NO3S. The molecule has 0 fully saturated rings. The van der Waals surface area contributed by atoms with Crippen molar-refractivity contribution in [2.75, 3.05) is 6.61 Å². The third-order valence-electron chi connectivity index (χ3n) is 2.56. The molecule has 0 aliphatic carbocycles. The van der Waals surface area contributed by atoms with E-state index in [1.807, 2.05) is 20.8 Å². The fourth-order valence-corrected chi connectivity index (χ4v) is 2.12. The van der Waals surface area contributed by atoms with Crippen LogP contribution >= 0.6 is 0 Å². The molecule has 104 valence electrons. The van der Waals surface area contributed by atoms with E-state index < -0.39 is 10.0 Å². The minimum atomic E-state index is -3.71. The van der Waals surface area contributed by atoms with Crippen LogP contribution in [0, 0.1) is 11.8 Å². The lowest BCUT2D eigenvalue weighted by Crippen LogP contribution is -2.17. The molecule has 0 amide bonds. The van der Waals surface area contributed by atoms with Gasteiger partial charge in [-0.15, -0.1) is 5.92 Å². The lowest BCUT2D eigenvalue weighted by Gasteiger charge is -2.23. The molecule has 0 aliphatic rings. The van der Waals surface area contributed by atoms with Crippen molar-refractivity contribution >= 4 is 10.0 Å². The summed E-state index contributed by atoms with van der Waals surface area (Å²) < 4.78 is 28.4. The molecule has 0 saturated heterocycles. The summed E-state index contributed by atoms with van der Waals surface area (Å²) in [4.78, 5) is 0.0892. The lowest BCUT2D eigenvalue weighted by molar-refractivity contribution is 0.357. The molecule has 5 heteroatoms. The van der Waals surface area contributed by atoms with Crippen molar-refractivity contribution in [1.29, 1.82) is 0 Å². The van der Waals surface area contributed by atoms with Gasteiger partial charge < -0.3 is 4.74 Å². The zero-order chi connectivity index (χ0) is 14.7. The number of primary sulfonamides is 1. The Morgan fingerprint density at radius 2 is 1.95 bits per heavy atom. The van der Waals surface area contributed by atoms with Crippen molar-refractivity contribution in [1.82, 2.24) is 0 Å². The van der Waals surface area contributed by atoms with Crippen molar-refractivity contribution in [2.45, 2.75) is 38.0 Å². The van der Waals surface area contributed by atoms with Crippen molar-refractivity contribution in [2.24, 2.45) is 5.14 Å². The molecule has 0 atom stereocenters. The highest BCUT2D eigenvalue weighted by Gasteiger charge is 2.21. The Bertz CT molecular complexity index is 616. The van der Waals surface area contributed by atoms with Gasteiger partial charge in [0.25, 0.3) is 0 Å². The van der Waals surface area contributed by atoms with Gasteiger partial charge in [-0.2, -0.15) is 0 Å². The maximum Gasteiger partial charge on any atom is 0.238 e. The molecule has 0 unspecified atom stereocenters. The summed E-state index contributed by atoms with van der Waals surface area (Å²) in [6.45, 7) is 7.95. The molecule has 4 nitrogen and oxygen atoms in total. The van der Waals surface area contributed by atoms with Crippen molar-refractivity contribution in [3.8, 4) is 17.6 Å². The standard InChI is InChI=1S/C14H19NO3S/c1-5-6-9-18-13-8-7-11(19(15,16)17)10-12(13)14(2,3)4/h7-8,10H,9H2,1-4H3,(H2,15,16,17). The van der Waals surface area contributed by atoms with Crippen LogP contribution in [0.4, 0.5) is 0 Å². The van der Waals surface area contributed by atoms with Gasteiger partial charge in [0, 0.05) is 5.56 Å². The van der Waals surface area contributed by atoms with E-state index in [-0.39, 0.29) is 16.9 Å². The summed E-state index contributed by atoms with van der Waals surface area (Å²) >= 11 is 0. The zero-order valence-corrected chi connectivity index (χ0v) is 12.5. The smallest absolute Gasteiger partial charge is 0.238 e. The van der Waals surface area contributed by atoms with Crippen molar-refractivity contribution in [3.63, 3.8) is 0 Å². The van der Waals surface area contributed by atoms with Crippen LogP contribution in [0.5, 0.6) is 5.75 Å². The van der Waals surface area contributed by atoms with E-state index >= 15 is 0 Å². The maximum absolute atomic E-state index is 11.4. The first-order valence-electron chi connectivity index (χ1n) is 5.86. The van der Waals surface area contributed by atoms with Crippen LogP contribution in [0.2, 0.25) is 0 Å². The fourth-order valence-electron chi connectivity index (χ4n) is 1.58. The van der Waals surface area contributed by atoms with Gasteiger partial charge in [0.1, 0.15) is 12.4 Å². The molecule has 0 aromatic heterocycles. The molecular weight excluding hydrogens is 262 g/mol. The zero-order valence-electron chi connectivity index (χ0n) is 11.6. The van der Waals surface area contributed by atoms with E-state index in [4.69, 9.17) is 9.88 Å². The Hall–Kier alpha value is -1.51. The second kappa shape index (κ2) is 5.64.